The van der Waals surface area contributed by atoms with E-state index in [1.54, 1.807) is 0 Å². The van der Waals surface area contributed by atoms with Crippen LogP contribution in [-0.4, -0.2) is 0 Å². The van der Waals surface area contributed by atoms with Crippen molar-refractivity contribution in [1.82, 2.24) is 0 Å². The van der Waals surface area contributed by atoms with Gasteiger partial charge in [-0.1, -0.05) is 39.0 Å². The van der Waals surface area contributed by atoms with E-state index in [1.165, 1.54) is 32.1 Å². The molecule has 0 aromatic heterocycles. The summed E-state index contributed by atoms with van der Waals surface area (Å²) in [6, 6.07) is 2.21. The molecular weight excluding hydrogens is 146 g/mol. The van der Waals surface area contributed by atoms with E-state index in [9.17, 15) is 0 Å². The second-order valence-electron chi connectivity index (χ2n) is 4.18. The maximum absolute atomic E-state index is 8.40. The topological polar surface area (TPSA) is 23.8 Å². The molecule has 0 aromatic rings. The summed E-state index contributed by atoms with van der Waals surface area (Å²) in [5.74, 6) is 1.81. The molecule has 0 amide bonds. The van der Waals surface area contributed by atoms with Crippen LogP contribution in [0.25, 0.3) is 0 Å². The lowest BCUT2D eigenvalue weighted by Gasteiger charge is -2.26. The van der Waals surface area contributed by atoms with Gasteiger partial charge in [-0.05, 0) is 18.3 Å². The van der Waals surface area contributed by atoms with Gasteiger partial charge in [0.15, 0.2) is 0 Å². The van der Waals surface area contributed by atoms with Crippen LogP contribution < -0.4 is 0 Å². The van der Waals surface area contributed by atoms with Crippen LogP contribution in [-0.2, 0) is 0 Å². The Morgan fingerprint density at radius 3 is 2.67 bits per heavy atom. The second kappa shape index (κ2) is 5.19. The van der Waals surface area contributed by atoms with E-state index in [4.69, 9.17) is 5.26 Å². The van der Waals surface area contributed by atoms with Crippen molar-refractivity contribution in [3.05, 3.63) is 0 Å². The van der Waals surface area contributed by atoms with Gasteiger partial charge in [-0.15, -0.1) is 0 Å². The lowest BCUT2D eigenvalue weighted by molar-refractivity contribution is 0.270. The van der Waals surface area contributed by atoms with Gasteiger partial charge in [0.25, 0.3) is 0 Å². The Hall–Kier alpha value is -0.510. The van der Waals surface area contributed by atoms with Gasteiger partial charge < -0.3 is 0 Å². The maximum atomic E-state index is 8.40. The van der Waals surface area contributed by atoms with E-state index in [1.807, 2.05) is 0 Å². The van der Waals surface area contributed by atoms with E-state index in [2.05, 4.69) is 13.0 Å². The van der Waals surface area contributed by atoms with Crippen molar-refractivity contribution in [2.24, 2.45) is 11.8 Å². The fraction of sp³-hybridized carbons (Fsp3) is 0.909. The highest BCUT2D eigenvalue weighted by Gasteiger charge is 2.17. The number of hydrogen-bond acceptors (Lipinski definition) is 1. The van der Waals surface area contributed by atoms with Gasteiger partial charge in [-0.25, -0.2) is 0 Å². The summed E-state index contributed by atoms with van der Waals surface area (Å²) < 4.78 is 0. The molecule has 0 spiro atoms. The molecule has 0 N–H and O–H groups in total. The highest BCUT2D eigenvalue weighted by atomic mass is 14.2. The highest BCUT2D eigenvalue weighted by molar-refractivity contribution is 4.73. The van der Waals surface area contributed by atoms with Gasteiger partial charge in [0.1, 0.15) is 0 Å². The van der Waals surface area contributed by atoms with E-state index >= 15 is 0 Å². The average molecular weight is 165 g/mol. The molecule has 1 aliphatic carbocycles. The summed E-state index contributed by atoms with van der Waals surface area (Å²) in [5, 5.41) is 8.40. The predicted octanol–water partition coefficient (Wildman–Crippen LogP) is 3.51. The third-order valence-electron chi connectivity index (χ3n) is 3.04. The molecule has 1 fully saturated rings. The molecule has 12 heavy (non-hydrogen) atoms. The van der Waals surface area contributed by atoms with Crippen molar-refractivity contribution < 1.29 is 0 Å². The molecule has 68 valence electrons. The quantitative estimate of drug-likeness (QED) is 0.611. The minimum Gasteiger partial charge on any atom is -0.198 e. The number of rotatable bonds is 5. The minimum absolute atomic E-state index is 0.742. The van der Waals surface area contributed by atoms with E-state index in [0.717, 1.165) is 24.7 Å². The summed E-state index contributed by atoms with van der Waals surface area (Å²) in [5.41, 5.74) is 0. The molecule has 0 aromatic carbocycles. The Labute approximate surface area is 75.8 Å². The molecule has 1 saturated carbocycles. The average Bonchev–Trinajstić information content (AvgIpc) is 1.98. The van der Waals surface area contributed by atoms with Crippen LogP contribution in [0.15, 0.2) is 0 Å². The number of hydrogen-bond donors (Lipinski definition) is 0. The number of nitrogens with zero attached hydrogens (tertiary/aromatic N) is 1. The van der Waals surface area contributed by atoms with Crippen molar-refractivity contribution in [1.29, 1.82) is 5.26 Å². The largest absolute Gasteiger partial charge is 0.198 e. The van der Waals surface area contributed by atoms with Crippen LogP contribution in [0.5, 0.6) is 0 Å². The molecule has 1 heteroatoms. The smallest absolute Gasteiger partial charge is 0.0621 e. The van der Waals surface area contributed by atoms with Crippen molar-refractivity contribution in [3.8, 4) is 6.07 Å². The van der Waals surface area contributed by atoms with Gasteiger partial charge in [-0.3, -0.25) is 0 Å². The zero-order chi connectivity index (χ0) is 8.81. The molecule has 0 aliphatic heterocycles. The molecular formula is C11H19N. The van der Waals surface area contributed by atoms with Gasteiger partial charge in [0.05, 0.1) is 6.07 Å². The minimum atomic E-state index is 0.742. The summed E-state index contributed by atoms with van der Waals surface area (Å²) in [7, 11) is 0. The van der Waals surface area contributed by atoms with Gasteiger partial charge in [-0.2, -0.15) is 5.26 Å². The fourth-order valence-electron chi connectivity index (χ4n) is 1.76. The van der Waals surface area contributed by atoms with Gasteiger partial charge in [0, 0.05) is 6.42 Å². The van der Waals surface area contributed by atoms with Gasteiger partial charge in [0.2, 0.25) is 0 Å². The summed E-state index contributed by atoms with van der Waals surface area (Å²) >= 11 is 0. The van der Waals surface area contributed by atoms with Crippen molar-refractivity contribution in [2.75, 3.05) is 0 Å². The van der Waals surface area contributed by atoms with Gasteiger partial charge >= 0.3 is 0 Å². The van der Waals surface area contributed by atoms with Crippen molar-refractivity contribution >= 4 is 0 Å². The molecule has 1 rings (SSSR count). The van der Waals surface area contributed by atoms with E-state index in [0.29, 0.717) is 0 Å². The molecule has 0 radical (unpaired) electrons. The van der Waals surface area contributed by atoms with Crippen LogP contribution >= 0.6 is 0 Å². The first-order chi connectivity index (χ1) is 5.83. The summed E-state index contributed by atoms with van der Waals surface area (Å²) in [6.45, 7) is 2.27. The normalized spacial score (nSPS) is 19.7. The van der Waals surface area contributed by atoms with Crippen LogP contribution in [0.1, 0.15) is 51.9 Å². The van der Waals surface area contributed by atoms with Crippen molar-refractivity contribution in [3.63, 3.8) is 0 Å². The Morgan fingerprint density at radius 1 is 1.42 bits per heavy atom. The lowest BCUT2D eigenvalue weighted by atomic mass is 9.80. The fourth-order valence-corrected chi connectivity index (χ4v) is 1.76. The predicted molar refractivity (Wildman–Crippen MR) is 50.6 cm³/mol. The van der Waals surface area contributed by atoms with E-state index < -0.39 is 0 Å². The standard InChI is InChI=1S/C11H19N/c1-10(4-3-9-12)7-8-11-5-2-6-11/h10-11H,2-8H2,1H3. The lowest BCUT2D eigenvalue weighted by Crippen LogP contribution is -2.11. The molecule has 0 heterocycles. The van der Waals surface area contributed by atoms with E-state index in [-0.39, 0.29) is 0 Å². The number of nitriles is 1. The summed E-state index contributed by atoms with van der Waals surface area (Å²) in [4.78, 5) is 0. The molecule has 0 saturated heterocycles. The Morgan fingerprint density at radius 2 is 2.17 bits per heavy atom. The van der Waals surface area contributed by atoms with Crippen LogP contribution in [0.2, 0.25) is 0 Å². The first-order valence-corrected chi connectivity index (χ1v) is 5.20. The highest BCUT2D eigenvalue weighted by Crippen LogP contribution is 2.32. The van der Waals surface area contributed by atoms with Crippen LogP contribution in [0.3, 0.4) is 0 Å². The SMILES string of the molecule is CC(CCC#N)CCC1CCC1. The maximum Gasteiger partial charge on any atom is 0.0621 e. The Kier molecular flexibility index (Phi) is 4.14. The van der Waals surface area contributed by atoms with Crippen molar-refractivity contribution in [2.45, 2.75) is 51.9 Å². The Bertz CT molecular complexity index is 153. The van der Waals surface area contributed by atoms with Crippen LogP contribution in [0.4, 0.5) is 0 Å². The molecule has 1 nitrogen and oxygen atoms in total. The molecule has 1 unspecified atom stereocenters. The monoisotopic (exact) mass is 165 g/mol. The van der Waals surface area contributed by atoms with Crippen LogP contribution in [0, 0.1) is 23.2 Å². The summed E-state index contributed by atoms with van der Waals surface area (Å²) in [6.07, 6.45) is 8.97. The second-order valence-corrected chi connectivity index (χ2v) is 4.18. The molecule has 0 bridgehead atoms. The third-order valence-corrected chi connectivity index (χ3v) is 3.04. The first kappa shape index (κ1) is 9.58. The zero-order valence-corrected chi connectivity index (χ0v) is 8.05. The Balaban J connectivity index is 1.94. The first-order valence-electron chi connectivity index (χ1n) is 5.20. The molecule has 1 atom stereocenters. The molecule has 1 aliphatic rings. The zero-order valence-electron chi connectivity index (χ0n) is 8.05. The third kappa shape index (κ3) is 3.26.